The van der Waals surface area contributed by atoms with Crippen molar-refractivity contribution in [3.63, 3.8) is 0 Å². The van der Waals surface area contributed by atoms with Crippen molar-refractivity contribution in [1.29, 1.82) is 0 Å². The van der Waals surface area contributed by atoms with Crippen LogP contribution in [0.5, 0.6) is 0 Å². The summed E-state index contributed by atoms with van der Waals surface area (Å²) in [6.45, 7) is 11.5. The molecule has 0 bridgehead atoms. The van der Waals surface area contributed by atoms with E-state index in [4.69, 9.17) is 9.72 Å². The highest BCUT2D eigenvalue weighted by Gasteiger charge is 2.28. The van der Waals surface area contributed by atoms with Crippen LogP contribution in [0.1, 0.15) is 44.2 Å². The number of rotatable bonds is 6. The van der Waals surface area contributed by atoms with Crippen molar-refractivity contribution in [3.05, 3.63) is 10.6 Å². The minimum atomic E-state index is 0.396. The Hall–Kier alpha value is -0.650. The fourth-order valence-electron chi connectivity index (χ4n) is 2.72. The van der Waals surface area contributed by atoms with Gasteiger partial charge in [0.05, 0.1) is 12.3 Å². The van der Waals surface area contributed by atoms with Crippen LogP contribution in [0.15, 0.2) is 0 Å². The molecule has 1 N–H and O–H groups in total. The van der Waals surface area contributed by atoms with Crippen LogP contribution in [0.2, 0.25) is 0 Å². The van der Waals surface area contributed by atoms with E-state index in [9.17, 15) is 0 Å². The normalized spacial score (nSPS) is 18.5. The maximum absolute atomic E-state index is 5.29. The SMILES string of the molecule is CCNCc1sc(N2CCCC(C)(C)C2)nc1COC. The number of hydrogen-bond donors (Lipinski definition) is 1. The number of thiazole rings is 1. The molecule has 1 saturated heterocycles. The van der Waals surface area contributed by atoms with E-state index in [1.54, 1.807) is 7.11 Å². The monoisotopic (exact) mass is 297 g/mol. The number of nitrogens with one attached hydrogen (secondary N) is 1. The van der Waals surface area contributed by atoms with Gasteiger partial charge in [-0.3, -0.25) is 0 Å². The summed E-state index contributed by atoms with van der Waals surface area (Å²) >= 11 is 1.82. The van der Waals surface area contributed by atoms with Crippen molar-refractivity contribution in [3.8, 4) is 0 Å². The van der Waals surface area contributed by atoms with Gasteiger partial charge in [0.25, 0.3) is 0 Å². The Balaban J connectivity index is 2.14. The molecule has 0 aromatic carbocycles. The fraction of sp³-hybridized carbons (Fsp3) is 0.800. The molecule has 20 heavy (non-hydrogen) atoms. The van der Waals surface area contributed by atoms with Gasteiger partial charge in [0.2, 0.25) is 0 Å². The second kappa shape index (κ2) is 6.87. The predicted octanol–water partition coefficient (Wildman–Crippen LogP) is 3.03. The second-order valence-corrected chi connectivity index (χ2v) is 7.33. The molecule has 114 valence electrons. The Labute approximate surface area is 126 Å². The van der Waals surface area contributed by atoms with E-state index in [1.165, 1.54) is 17.7 Å². The number of anilines is 1. The van der Waals surface area contributed by atoms with Crippen LogP contribution in [-0.2, 0) is 17.9 Å². The number of ether oxygens (including phenoxy) is 1. The molecule has 1 aromatic rings. The van der Waals surface area contributed by atoms with Gasteiger partial charge in [-0.1, -0.05) is 20.8 Å². The van der Waals surface area contributed by atoms with Crippen LogP contribution >= 0.6 is 11.3 Å². The zero-order chi connectivity index (χ0) is 14.6. The summed E-state index contributed by atoms with van der Waals surface area (Å²) in [5, 5.41) is 4.56. The quantitative estimate of drug-likeness (QED) is 0.876. The lowest BCUT2D eigenvalue weighted by Crippen LogP contribution is -2.40. The van der Waals surface area contributed by atoms with Crippen LogP contribution in [0.4, 0.5) is 5.13 Å². The van der Waals surface area contributed by atoms with Gasteiger partial charge in [0.15, 0.2) is 5.13 Å². The molecular weight excluding hydrogens is 270 g/mol. The van der Waals surface area contributed by atoms with E-state index in [-0.39, 0.29) is 0 Å². The summed E-state index contributed by atoms with van der Waals surface area (Å²) in [6.07, 6.45) is 2.57. The first-order chi connectivity index (χ1) is 9.55. The molecule has 1 aliphatic heterocycles. The van der Waals surface area contributed by atoms with Crippen LogP contribution in [0.25, 0.3) is 0 Å². The maximum Gasteiger partial charge on any atom is 0.185 e. The molecule has 0 spiro atoms. The van der Waals surface area contributed by atoms with Crippen LogP contribution < -0.4 is 10.2 Å². The smallest absolute Gasteiger partial charge is 0.185 e. The lowest BCUT2D eigenvalue weighted by molar-refractivity contribution is 0.181. The number of methoxy groups -OCH3 is 1. The Kier molecular flexibility index (Phi) is 5.41. The molecule has 0 atom stereocenters. The number of hydrogen-bond acceptors (Lipinski definition) is 5. The molecule has 0 aliphatic carbocycles. The van der Waals surface area contributed by atoms with Gasteiger partial charge in [-0.05, 0) is 24.8 Å². The number of piperidine rings is 1. The standard InChI is InChI=1S/C15H27N3OS/c1-5-16-9-13-12(10-19-4)17-14(20-13)18-8-6-7-15(2,3)11-18/h16H,5-11H2,1-4H3. The van der Waals surface area contributed by atoms with Gasteiger partial charge in [-0.25, -0.2) is 4.98 Å². The first-order valence-electron chi connectivity index (χ1n) is 7.49. The second-order valence-electron chi connectivity index (χ2n) is 6.27. The molecule has 0 radical (unpaired) electrons. The lowest BCUT2D eigenvalue weighted by Gasteiger charge is -2.37. The Morgan fingerprint density at radius 3 is 2.90 bits per heavy atom. The summed E-state index contributed by atoms with van der Waals surface area (Å²) in [5.41, 5.74) is 1.49. The minimum absolute atomic E-state index is 0.396. The third kappa shape index (κ3) is 3.93. The van der Waals surface area contributed by atoms with Crippen LogP contribution in [-0.4, -0.2) is 31.7 Å². The third-order valence-electron chi connectivity index (χ3n) is 3.75. The Bertz CT molecular complexity index is 431. The maximum atomic E-state index is 5.29. The molecule has 2 heterocycles. The van der Waals surface area contributed by atoms with Crippen molar-refractivity contribution < 1.29 is 4.74 Å². The molecule has 1 aromatic heterocycles. The van der Waals surface area contributed by atoms with Crippen molar-refractivity contribution in [1.82, 2.24) is 10.3 Å². The lowest BCUT2D eigenvalue weighted by atomic mass is 9.84. The largest absolute Gasteiger partial charge is 0.378 e. The molecule has 4 nitrogen and oxygen atoms in total. The molecule has 5 heteroatoms. The van der Waals surface area contributed by atoms with Gasteiger partial charge in [0.1, 0.15) is 0 Å². The van der Waals surface area contributed by atoms with Gasteiger partial charge >= 0.3 is 0 Å². The predicted molar refractivity (Wildman–Crippen MR) is 85.4 cm³/mol. The number of nitrogens with zero attached hydrogens (tertiary/aromatic N) is 2. The summed E-state index contributed by atoms with van der Waals surface area (Å²) in [6, 6.07) is 0. The van der Waals surface area contributed by atoms with Gasteiger partial charge < -0.3 is 15.0 Å². The first-order valence-corrected chi connectivity index (χ1v) is 8.30. The van der Waals surface area contributed by atoms with Crippen molar-refractivity contribution >= 4 is 16.5 Å². The van der Waals surface area contributed by atoms with Crippen LogP contribution in [0.3, 0.4) is 0 Å². The van der Waals surface area contributed by atoms with Crippen molar-refractivity contribution in [2.45, 2.75) is 46.8 Å². The van der Waals surface area contributed by atoms with E-state index in [1.807, 2.05) is 11.3 Å². The molecule has 0 saturated carbocycles. The van der Waals surface area contributed by atoms with E-state index < -0.39 is 0 Å². The van der Waals surface area contributed by atoms with E-state index in [0.717, 1.165) is 37.0 Å². The van der Waals surface area contributed by atoms with E-state index in [2.05, 4.69) is 31.0 Å². The molecule has 0 amide bonds. The summed E-state index contributed by atoms with van der Waals surface area (Å²) in [4.78, 5) is 8.58. The highest BCUT2D eigenvalue weighted by Crippen LogP contribution is 2.34. The zero-order valence-electron chi connectivity index (χ0n) is 13.2. The Morgan fingerprint density at radius 2 is 2.25 bits per heavy atom. The molecule has 1 aliphatic rings. The Morgan fingerprint density at radius 1 is 1.45 bits per heavy atom. The zero-order valence-corrected chi connectivity index (χ0v) is 14.0. The van der Waals surface area contributed by atoms with Gasteiger partial charge in [-0.2, -0.15) is 0 Å². The average molecular weight is 297 g/mol. The highest BCUT2D eigenvalue weighted by molar-refractivity contribution is 7.15. The van der Waals surface area contributed by atoms with Crippen molar-refractivity contribution in [2.24, 2.45) is 5.41 Å². The van der Waals surface area contributed by atoms with Gasteiger partial charge in [0, 0.05) is 31.6 Å². The van der Waals surface area contributed by atoms with E-state index in [0.29, 0.717) is 12.0 Å². The summed E-state index contributed by atoms with van der Waals surface area (Å²) in [5.74, 6) is 0. The van der Waals surface area contributed by atoms with E-state index >= 15 is 0 Å². The first kappa shape index (κ1) is 15.7. The van der Waals surface area contributed by atoms with Crippen molar-refractivity contribution in [2.75, 3.05) is 31.6 Å². The molecular formula is C15H27N3OS. The van der Waals surface area contributed by atoms with Gasteiger partial charge in [-0.15, -0.1) is 11.3 Å². The highest BCUT2D eigenvalue weighted by atomic mass is 32.1. The molecule has 0 unspecified atom stereocenters. The molecule has 2 rings (SSSR count). The summed E-state index contributed by atoms with van der Waals surface area (Å²) < 4.78 is 5.29. The average Bonchev–Trinajstić information content (AvgIpc) is 2.79. The minimum Gasteiger partial charge on any atom is -0.378 e. The van der Waals surface area contributed by atoms with Crippen LogP contribution in [0, 0.1) is 5.41 Å². The summed E-state index contributed by atoms with van der Waals surface area (Å²) in [7, 11) is 1.74. The fourth-order valence-corrected chi connectivity index (χ4v) is 3.78. The topological polar surface area (TPSA) is 37.4 Å². The molecule has 1 fully saturated rings. The third-order valence-corrected chi connectivity index (χ3v) is 4.91. The number of aromatic nitrogens is 1.